The summed E-state index contributed by atoms with van der Waals surface area (Å²) in [6, 6.07) is 0.0239. The third kappa shape index (κ3) is 3.09. The number of nitrogens with zero attached hydrogens (tertiary/aromatic N) is 1. The summed E-state index contributed by atoms with van der Waals surface area (Å²) in [6.07, 6.45) is 0.950. The van der Waals surface area contributed by atoms with Crippen molar-refractivity contribution in [2.24, 2.45) is 22.2 Å². The van der Waals surface area contributed by atoms with Crippen LogP contribution >= 0.6 is 0 Å². The lowest BCUT2D eigenvalue weighted by molar-refractivity contribution is -0.127. The van der Waals surface area contributed by atoms with Crippen molar-refractivity contribution in [2.45, 2.75) is 33.2 Å². The molecule has 17 heavy (non-hydrogen) atoms. The number of rotatable bonds is 4. The summed E-state index contributed by atoms with van der Waals surface area (Å²) in [4.78, 5) is 12.0. The molecule has 0 aromatic heterocycles. The summed E-state index contributed by atoms with van der Waals surface area (Å²) in [5.74, 6) is -0.000822. The predicted octanol–water partition coefficient (Wildman–Crippen LogP) is 0.300. The van der Waals surface area contributed by atoms with Gasteiger partial charge in [-0.05, 0) is 27.2 Å². The molecule has 4 N–H and O–H groups in total. The van der Waals surface area contributed by atoms with E-state index < -0.39 is 5.41 Å². The van der Waals surface area contributed by atoms with E-state index in [1.54, 1.807) is 13.8 Å². The standard InChI is InChI=1S/C11H21N3O3/c1-7(8-4-5-17-6-8)13-10(15)11(2,3)9(12)14-16/h7-8,16H,4-6H2,1-3H3,(H2,12,14)(H,13,15). The van der Waals surface area contributed by atoms with Crippen molar-refractivity contribution < 1.29 is 14.7 Å². The van der Waals surface area contributed by atoms with Crippen molar-refractivity contribution in [3.63, 3.8) is 0 Å². The van der Waals surface area contributed by atoms with Crippen LogP contribution in [0.5, 0.6) is 0 Å². The number of nitrogens with two attached hydrogens (primary N) is 1. The molecule has 1 heterocycles. The van der Waals surface area contributed by atoms with Crippen molar-refractivity contribution in [2.75, 3.05) is 13.2 Å². The molecule has 0 aromatic rings. The first-order valence-electron chi connectivity index (χ1n) is 5.76. The molecule has 0 saturated carbocycles. The average molecular weight is 243 g/mol. The molecule has 6 nitrogen and oxygen atoms in total. The summed E-state index contributed by atoms with van der Waals surface area (Å²) in [5, 5.41) is 14.4. The number of hydrogen-bond donors (Lipinski definition) is 3. The quantitative estimate of drug-likeness (QED) is 0.286. The molecule has 0 bridgehead atoms. The van der Waals surface area contributed by atoms with Gasteiger partial charge < -0.3 is 21.0 Å². The van der Waals surface area contributed by atoms with Gasteiger partial charge >= 0.3 is 0 Å². The first kappa shape index (κ1) is 13.8. The second-order valence-corrected chi connectivity index (χ2v) is 5.00. The molecule has 98 valence electrons. The van der Waals surface area contributed by atoms with Crippen molar-refractivity contribution >= 4 is 11.7 Å². The third-order valence-electron chi connectivity index (χ3n) is 3.35. The number of nitrogens with one attached hydrogen (secondary N) is 1. The van der Waals surface area contributed by atoms with Gasteiger partial charge in [-0.2, -0.15) is 0 Å². The van der Waals surface area contributed by atoms with E-state index in [-0.39, 0.29) is 17.8 Å². The smallest absolute Gasteiger partial charge is 0.233 e. The Labute approximate surface area is 101 Å². The van der Waals surface area contributed by atoms with E-state index in [4.69, 9.17) is 15.7 Å². The van der Waals surface area contributed by atoms with Gasteiger partial charge in [0, 0.05) is 18.6 Å². The highest BCUT2D eigenvalue weighted by Crippen LogP contribution is 2.20. The molecular formula is C11H21N3O3. The van der Waals surface area contributed by atoms with Gasteiger partial charge in [0.05, 0.1) is 6.61 Å². The maximum Gasteiger partial charge on any atom is 0.233 e. The molecule has 0 spiro atoms. The largest absolute Gasteiger partial charge is 0.409 e. The van der Waals surface area contributed by atoms with E-state index in [1.807, 2.05) is 6.92 Å². The average Bonchev–Trinajstić information content (AvgIpc) is 2.81. The summed E-state index contributed by atoms with van der Waals surface area (Å²) in [6.45, 7) is 6.60. The van der Waals surface area contributed by atoms with Gasteiger partial charge in [-0.15, -0.1) is 0 Å². The van der Waals surface area contributed by atoms with Crippen molar-refractivity contribution in [1.29, 1.82) is 0 Å². The number of oxime groups is 1. The Kier molecular flexibility index (Phi) is 4.34. The topological polar surface area (TPSA) is 96.9 Å². The molecule has 2 unspecified atom stereocenters. The lowest BCUT2D eigenvalue weighted by Crippen LogP contribution is -2.50. The first-order valence-corrected chi connectivity index (χ1v) is 5.76. The molecule has 1 aliphatic rings. The van der Waals surface area contributed by atoms with E-state index >= 15 is 0 Å². The zero-order valence-electron chi connectivity index (χ0n) is 10.6. The fourth-order valence-corrected chi connectivity index (χ4v) is 1.69. The minimum absolute atomic E-state index is 0.0239. The zero-order chi connectivity index (χ0) is 13.1. The van der Waals surface area contributed by atoms with Crippen molar-refractivity contribution in [1.82, 2.24) is 5.32 Å². The SMILES string of the molecule is CC(NC(=O)C(C)(C)C(N)=NO)C1CCOC1. The highest BCUT2D eigenvalue weighted by Gasteiger charge is 2.35. The Hall–Kier alpha value is -1.30. The number of carbonyl (C=O) groups is 1. The van der Waals surface area contributed by atoms with Crippen LogP contribution in [0.2, 0.25) is 0 Å². The molecule has 1 aliphatic heterocycles. The second-order valence-electron chi connectivity index (χ2n) is 5.00. The fraction of sp³-hybridized carbons (Fsp3) is 0.818. The molecule has 2 atom stereocenters. The van der Waals surface area contributed by atoms with E-state index in [1.165, 1.54) is 0 Å². The Bertz CT molecular complexity index is 309. The highest BCUT2D eigenvalue weighted by molar-refractivity contribution is 6.05. The van der Waals surface area contributed by atoms with Crippen LogP contribution in [0, 0.1) is 11.3 Å². The Balaban J connectivity index is 2.59. The van der Waals surface area contributed by atoms with Gasteiger partial charge in [-0.3, -0.25) is 4.79 Å². The number of hydrogen-bond acceptors (Lipinski definition) is 4. The number of carbonyl (C=O) groups excluding carboxylic acids is 1. The molecule has 1 fully saturated rings. The van der Waals surface area contributed by atoms with E-state index in [0.29, 0.717) is 12.5 Å². The van der Waals surface area contributed by atoms with Crippen LogP contribution in [0.1, 0.15) is 27.2 Å². The fourth-order valence-electron chi connectivity index (χ4n) is 1.69. The van der Waals surface area contributed by atoms with Crippen molar-refractivity contribution in [3.8, 4) is 0 Å². The second kappa shape index (κ2) is 5.35. The minimum Gasteiger partial charge on any atom is -0.409 e. The molecule has 0 aliphatic carbocycles. The molecule has 0 aromatic carbocycles. The van der Waals surface area contributed by atoms with Crippen molar-refractivity contribution in [3.05, 3.63) is 0 Å². The maximum atomic E-state index is 12.0. The van der Waals surface area contributed by atoms with Gasteiger partial charge in [-0.25, -0.2) is 0 Å². The van der Waals surface area contributed by atoms with Crippen LogP contribution in [-0.2, 0) is 9.53 Å². The predicted molar refractivity (Wildman–Crippen MR) is 63.7 cm³/mol. The maximum absolute atomic E-state index is 12.0. The Morgan fingerprint density at radius 1 is 1.65 bits per heavy atom. The van der Waals surface area contributed by atoms with E-state index in [2.05, 4.69) is 10.5 Å². The molecule has 1 rings (SSSR count). The Morgan fingerprint density at radius 3 is 2.76 bits per heavy atom. The van der Waals surface area contributed by atoms with Gasteiger partial charge in [0.25, 0.3) is 0 Å². The normalized spacial score (nSPS) is 23.5. The van der Waals surface area contributed by atoms with Gasteiger partial charge in [0.1, 0.15) is 5.41 Å². The van der Waals surface area contributed by atoms with Gasteiger partial charge in [0.15, 0.2) is 5.84 Å². The van der Waals surface area contributed by atoms with Gasteiger partial charge in [-0.1, -0.05) is 5.16 Å². The molecular weight excluding hydrogens is 222 g/mol. The third-order valence-corrected chi connectivity index (χ3v) is 3.35. The lowest BCUT2D eigenvalue weighted by atomic mass is 9.89. The number of ether oxygens (including phenoxy) is 1. The summed E-state index contributed by atoms with van der Waals surface area (Å²) in [7, 11) is 0. The number of amides is 1. The monoisotopic (exact) mass is 243 g/mol. The van der Waals surface area contributed by atoms with Crippen LogP contribution in [0.15, 0.2) is 5.16 Å². The minimum atomic E-state index is -1.01. The van der Waals surface area contributed by atoms with Crippen LogP contribution in [0.4, 0.5) is 0 Å². The highest BCUT2D eigenvalue weighted by atomic mass is 16.5. The van der Waals surface area contributed by atoms with Gasteiger partial charge in [0.2, 0.25) is 5.91 Å². The zero-order valence-corrected chi connectivity index (χ0v) is 10.6. The summed E-state index contributed by atoms with van der Waals surface area (Å²) < 4.78 is 5.27. The first-order chi connectivity index (χ1) is 7.89. The molecule has 6 heteroatoms. The van der Waals surface area contributed by atoms with E-state index in [0.717, 1.165) is 13.0 Å². The summed E-state index contributed by atoms with van der Waals surface area (Å²) >= 11 is 0. The van der Waals surface area contributed by atoms with Crippen LogP contribution < -0.4 is 11.1 Å². The molecule has 1 saturated heterocycles. The van der Waals surface area contributed by atoms with E-state index in [9.17, 15) is 4.79 Å². The van der Waals surface area contributed by atoms with Crippen LogP contribution in [0.3, 0.4) is 0 Å². The molecule has 1 amide bonds. The molecule has 0 radical (unpaired) electrons. The lowest BCUT2D eigenvalue weighted by Gasteiger charge is -2.26. The summed E-state index contributed by atoms with van der Waals surface area (Å²) in [5.41, 5.74) is 4.48. The van der Waals surface area contributed by atoms with Crippen LogP contribution in [-0.4, -0.2) is 36.2 Å². The number of amidine groups is 1. The van der Waals surface area contributed by atoms with Crippen LogP contribution in [0.25, 0.3) is 0 Å². The Morgan fingerprint density at radius 2 is 2.29 bits per heavy atom.